The highest BCUT2D eigenvalue weighted by Crippen LogP contribution is 2.04. The van der Waals surface area contributed by atoms with Crippen molar-refractivity contribution < 1.29 is 69.3 Å². The number of aliphatic hydroxyl groups excluding tert-OH is 8. The van der Waals surface area contributed by atoms with Gasteiger partial charge in [-0.3, -0.25) is 0 Å². The molecule has 0 aromatic heterocycles. The molecule has 0 bridgehead atoms. The van der Waals surface area contributed by atoms with Crippen LogP contribution in [0.5, 0.6) is 0 Å². The summed E-state index contributed by atoms with van der Waals surface area (Å²) in [6.45, 7) is 1.33. The first-order chi connectivity index (χ1) is 18.8. The Morgan fingerprint density at radius 1 is 0.462 bits per heavy atom. The van der Waals surface area contributed by atoms with E-state index in [2.05, 4.69) is 5.32 Å². The lowest BCUT2D eigenvalue weighted by atomic mass is 10.3. The zero-order valence-electron chi connectivity index (χ0n) is 23.0. The summed E-state index contributed by atoms with van der Waals surface area (Å²) in [6.07, 6.45) is -5.20. The summed E-state index contributed by atoms with van der Waals surface area (Å²) in [5.41, 5.74) is 0. The van der Waals surface area contributed by atoms with E-state index in [0.717, 1.165) is 0 Å². The van der Waals surface area contributed by atoms with E-state index in [0.29, 0.717) is 0 Å². The van der Waals surface area contributed by atoms with Gasteiger partial charge in [0.05, 0.1) is 97.6 Å². The molecule has 0 aliphatic rings. The Kier molecular flexibility index (Phi) is 24.7. The second-order valence-corrected chi connectivity index (χ2v) is 9.17. The van der Waals surface area contributed by atoms with Crippen molar-refractivity contribution in [1.82, 2.24) is 5.32 Å². The molecule has 0 aromatic rings. The maximum atomic E-state index is 9.60. The van der Waals surface area contributed by atoms with Gasteiger partial charge in [0.25, 0.3) is 0 Å². The summed E-state index contributed by atoms with van der Waals surface area (Å²) < 4.78 is 32.9. The minimum absolute atomic E-state index is 0.00378. The first-order valence-electron chi connectivity index (χ1n) is 13.1. The van der Waals surface area contributed by atoms with Gasteiger partial charge in [0.1, 0.15) is 30.5 Å². The standard InChI is InChI=1S/C24H51NO14/c1-17(2)39-24(11-32)16-38-23(10-31)14-36-20(7-28)4-25-3-19(6-27)35-13-22(9-30)37-15-21(8-29)34-12-18(33)5-26/h17-33H,3-16H2,1-2H3. The maximum Gasteiger partial charge on any atom is 0.104 e. The first-order valence-corrected chi connectivity index (χ1v) is 13.1. The average molecular weight is 578 g/mol. The van der Waals surface area contributed by atoms with Crippen molar-refractivity contribution in [1.29, 1.82) is 0 Å². The molecule has 0 radical (unpaired) electrons. The molecular formula is C24H51NO14. The lowest BCUT2D eigenvalue weighted by Crippen LogP contribution is -2.41. The molecule has 7 atom stereocenters. The van der Waals surface area contributed by atoms with E-state index in [-0.39, 0.29) is 85.3 Å². The molecule has 0 aromatic carbocycles. The van der Waals surface area contributed by atoms with Gasteiger partial charge in [0, 0.05) is 13.1 Å². The topological polar surface area (TPSA) is 229 Å². The molecule has 0 aliphatic heterocycles. The van der Waals surface area contributed by atoms with Crippen LogP contribution in [0.1, 0.15) is 13.8 Å². The quantitative estimate of drug-likeness (QED) is 0.0427. The van der Waals surface area contributed by atoms with Crippen LogP contribution < -0.4 is 5.32 Å². The fourth-order valence-electron chi connectivity index (χ4n) is 3.01. The van der Waals surface area contributed by atoms with Crippen molar-refractivity contribution in [3.8, 4) is 0 Å². The van der Waals surface area contributed by atoms with Gasteiger partial charge >= 0.3 is 0 Å². The highest BCUT2D eigenvalue weighted by Gasteiger charge is 2.19. The summed E-state index contributed by atoms with van der Waals surface area (Å²) in [6, 6.07) is 0. The second-order valence-electron chi connectivity index (χ2n) is 9.17. The predicted molar refractivity (Wildman–Crippen MR) is 137 cm³/mol. The van der Waals surface area contributed by atoms with E-state index < -0.39 is 55.9 Å². The Bertz CT molecular complexity index is 535. The number of nitrogens with one attached hydrogen (secondary N) is 1. The van der Waals surface area contributed by atoms with Gasteiger partial charge < -0.3 is 74.6 Å². The number of aliphatic hydroxyl groups is 8. The Labute approximate surface area is 230 Å². The summed E-state index contributed by atoms with van der Waals surface area (Å²) in [5.74, 6) is 0. The fourth-order valence-corrected chi connectivity index (χ4v) is 3.01. The van der Waals surface area contributed by atoms with Crippen molar-refractivity contribution in [2.45, 2.75) is 62.7 Å². The number of ether oxygens (including phenoxy) is 6. The lowest BCUT2D eigenvalue weighted by molar-refractivity contribution is -0.119. The summed E-state index contributed by atoms with van der Waals surface area (Å²) in [7, 11) is 0. The molecule has 0 saturated heterocycles. The zero-order chi connectivity index (χ0) is 29.5. The third-order valence-electron chi connectivity index (χ3n) is 5.24. The van der Waals surface area contributed by atoms with Gasteiger partial charge in [0.15, 0.2) is 0 Å². The summed E-state index contributed by atoms with van der Waals surface area (Å²) in [4.78, 5) is 0. The second kappa shape index (κ2) is 25.1. The van der Waals surface area contributed by atoms with Crippen LogP contribution in [-0.2, 0) is 28.4 Å². The minimum Gasteiger partial charge on any atom is -0.394 e. The molecule has 15 heteroatoms. The number of hydrogen-bond acceptors (Lipinski definition) is 15. The minimum atomic E-state index is -1.08. The van der Waals surface area contributed by atoms with Crippen LogP contribution in [0.2, 0.25) is 0 Å². The normalized spacial score (nSPS) is 17.6. The van der Waals surface area contributed by atoms with E-state index in [1.807, 2.05) is 13.8 Å². The average Bonchev–Trinajstić information content (AvgIpc) is 2.95. The highest BCUT2D eigenvalue weighted by atomic mass is 16.6. The van der Waals surface area contributed by atoms with E-state index >= 15 is 0 Å². The third kappa shape index (κ3) is 20.0. The van der Waals surface area contributed by atoms with Gasteiger partial charge in [-0.05, 0) is 13.8 Å². The van der Waals surface area contributed by atoms with Crippen LogP contribution in [0, 0.1) is 0 Å². The van der Waals surface area contributed by atoms with Crippen LogP contribution >= 0.6 is 0 Å². The largest absolute Gasteiger partial charge is 0.394 e. The molecule has 0 heterocycles. The number of hydrogen-bond donors (Lipinski definition) is 9. The van der Waals surface area contributed by atoms with Gasteiger partial charge in [-0.15, -0.1) is 0 Å². The molecule has 0 saturated carbocycles. The van der Waals surface area contributed by atoms with E-state index in [1.54, 1.807) is 0 Å². The molecule has 0 spiro atoms. The predicted octanol–water partition coefficient (Wildman–Crippen LogP) is -4.40. The van der Waals surface area contributed by atoms with Gasteiger partial charge in [-0.1, -0.05) is 0 Å². The molecule has 0 aliphatic carbocycles. The van der Waals surface area contributed by atoms with Gasteiger partial charge in [-0.2, -0.15) is 0 Å². The maximum absolute atomic E-state index is 9.60. The van der Waals surface area contributed by atoms with Crippen LogP contribution in [0.4, 0.5) is 0 Å². The fraction of sp³-hybridized carbons (Fsp3) is 1.00. The molecule has 15 nitrogen and oxygen atoms in total. The molecular weight excluding hydrogens is 526 g/mol. The zero-order valence-corrected chi connectivity index (χ0v) is 23.0. The van der Waals surface area contributed by atoms with Gasteiger partial charge in [0.2, 0.25) is 0 Å². The Morgan fingerprint density at radius 2 is 0.795 bits per heavy atom. The highest BCUT2D eigenvalue weighted by molar-refractivity contribution is 4.69. The molecule has 236 valence electrons. The SMILES string of the molecule is CC(C)OC(CO)COC(CO)COC(CO)CNCC(CO)OCC(CO)OCC(CO)OCC(O)CO. The molecule has 9 N–H and O–H groups in total. The summed E-state index contributed by atoms with van der Waals surface area (Å²) >= 11 is 0. The van der Waals surface area contributed by atoms with Crippen molar-refractivity contribution in [3.05, 3.63) is 0 Å². The van der Waals surface area contributed by atoms with Crippen molar-refractivity contribution in [2.24, 2.45) is 0 Å². The van der Waals surface area contributed by atoms with E-state index in [4.69, 9.17) is 33.5 Å². The van der Waals surface area contributed by atoms with Crippen molar-refractivity contribution >= 4 is 0 Å². The Balaban J connectivity index is 4.38. The molecule has 0 amide bonds. The monoisotopic (exact) mass is 577 g/mol. The molecule has 0 fully saturated rings. The molecule has 39 heavy (non-hydrogen) atoms. The van der Waals surface area contributed by atoms with E-state index in [1.165, 1.54) is 0 Å². The van der Waals surface area contributed by atoms with Crippen LogP contribution in [0.3, 0.4) is 0 Å². The van der Waals surface area contributed by atoms with Crippen LogP contribution in [0.25, 0.3) is 0 Å². The third-order valence-corrected chi connectivity index (χ3v) is 5.24. The number of rotatable bonds is 28. The van der Waals surface area contributed by atoms with Crippen molar-refractivity contribution in [3.63, 3.8) is 0 Å². The van der Waals surface area contributed by atoms with Crippen molar-refractivity contribution in [2.75, 3.05) is 92.4 Å². The van der Waals surface area contributed by atoms with Crippen LogP contribution in [0.15, 0.2) is 0 Å². The summed E-state index contributed by atoms with van der Waals surface area (Å²) in [5, 5.41) is 78.1. The first kappa shape index (κ1) is 38.4. The Morgan fingerprint density at radius 3 is 1.13 bits per heavy atom. The van der Waals surface area contributed by atoms with E-state index in [9.17, 15) is 35.7 Å². The van der Waals surface area contributed by atoms with Crippen LogP contribution in [-0.4, -0.2) is 182 Å². The molecule has 0 rings (SSSR count). The molecule has 7 unspecified atom stereocenters. The lowest BCUT2D eigenvalue weighted by Gasteiger charge is -2.25. The Hall–Kier alpha value is -0.600. The smallest absolute Gasteiger partial charge is 0.104 e. The van der Waals surface area contributed by atoms with Gasteiger partial charge in [-0.25, -0.2) is 0 Å².